The molecule has 6 nitrogen and oxygen atoms in total. The molecule has 2 aromatic rings. The van der Waals surface area contributed by atoms with Gasteiger partial charge >= 0.3 is 6.03 Å². The maximum atomic E-state index is 12.9. The second-order valence-corrected chi connectivity index (χ2v) is 7.02. The number of benzene rings is 1. The first-order valence-corrected chi connectivity index (χ1v) is 9.20. The van der Waals surface area contributed by atoms with Crippen LogP contribution in [0.2, 0.25) is 0 Å². The lowest BCUT2D eigenvalue weighted by atomic mass is 10.1. The minimum absolute atomic E-state index is 0.00460. The summed E-state index contributed by atoms with van der Waals surface area (Å²) >= 11 is 0. The van der Waals surface area contributed by atoms with E-state index < -0.39 is 17.8 Å². The van der Waals surface area contributed by atoms with E-state index in [1.807, 2.05) is 54.1 Å². The highest BCUT2D eigenvalue weighted by atomic mass is 16.2. The standard InChI is InChI=1S/C21H21N3O3/c1-14-7-2-5-11-18(14)23-12-6-10-16(23)13-17-19(25)22-21(27)24(20(17)26)15-8-3-4-9-15/h2,5-7,10-13,15H,3-4,8-9H2,1H3,(H,22,25,27)/b17-13+. The number of urea groups is 1. The summed E-state index contributed by atoms with van der Waals surface area (Å²) in [5, 5.41) is 2.32. The summed E-state index contributed by atoms with van der Waals surface area (Å²) in [6.45, 7) is 2.01. The van der Waals surface area contributed by atoms with E-state index in [2.05, 4.69) is 5.32 Å². The minimum Gasteiger partial charge on any atom is -0.317 e. The van der Waals surface area contributed by atoms with Crippen molar-refractivity contribution in [3.05, 3.63) is 59.4 Å². The number of aryl methyl sites for hydroxylation is 1. The zero-order chi connectivity index (χ0) is 19.0. The normalized spacial score (nSPS) is 19.8. The summed E-state index contributed by atoms with van der Waals surface area (Å²) in [5.74, 6) is -1.15. The molecular formula is C21H21N3O3. The van der Waals surface area contributed by atoms with Crippen molar-refractivity contribution in [1.82, 2.24) is 14.8 Å². The summed E-state index contributed by atoms with van der Waals surface area (Å²) in [4.78, 5) is 38.7. The van der Waals surface area contributed by atoms with Crippen LogP contribution in [-0.4, -0.2) is 33.4 Å². The van der Waals surface area contributed by atoms with Gasteiger partial charge in [-0.15, -0.1) is 0 Å². The number of nitrogens with zero attached hydrogens (tertiary/aromatic N) is 2. The van der Waals surface area contributed by atoms with Crippen LogP contribution in [0.5, 0.6) is 0 Å². The molecule has 0 bridgehead atoms. The molecule has 27 heavy (non-hydrogen) atoms. The molecule has 0 spiro atoms. The fourth-order valence-corrected chi connectivity index (χ4v) is 3.88. The van der Waals surface area contributed by atoms with Crippen molar-refractivity contribution < 1.29 is 14.4 Å². The van der Waals surface area contributed by atoms with Crippen LogP contribution >= 0.6 is 0 Å². The average Bonchev–Trinajstić information content (AvgIpc) is 3.31. The molecule has 1 aliphatic carbocycles. The molecule has 2 aliphatic rings. The van der Waals surface area contributed by atoms with Gasteiger partial charge in [-0.05, 0) is 49.6 Å². The van der Waals surface area contributed by atoms with Crippen LogP contribution in [0.15, 0.2) is 48.2 Å². The SMILES string of the molecule is Cc1ccccc1-n1cccc1/C=C1\C(=O)NC(=O)N(C2CCCC2)C1=O. The highest BCUT2D eigenvalue weighted by Crippen LogP contribution is 2.27. The van der Waals surface area contributed by atoms with Crippen LogP contribution in [0, 0.1) is 6.92 Å². The number of aromatic nitrogens is 1. The summed E-state index contributed by atoms with van der Waals surface area (Å²) in [5.41, 5.74) is 2.76. The maximum absolute atomic E-state index is 12.9. The summed E-state index contributed by atoms with van der Waals surface area (Å²) in [7, 11) is 0. The Balaban J connectivity index is 1.72. The first-order chi connectivity index (χ1) is 13.1. The first-order valence-electron chi connectivity index (χ1n) is 9.20. The predicted octanol–water partition coefficient (Wildman–Crippen LogP) is 3.19. The highest BCUT2D eigenvalue weighted by molar-refractivity contribution is 6.31. The number of carbonyl (C=O) groups is 3. The minimum atomic E-state index is -0.642. The predicted molar refractivity (Wildman–Crippen MR) is 101 cm³/mol. The van der Waals surface area contributed by atoms with Crippen molar-refractivity contribution in [3.8, 4) is 5.69 Å². The summed E-state index contributed by atoms with van der Waals surface area (Å²) in [6.07, 6.45) is 7.02. The van der Waals surface area contributed by atoms with E-state index in [1.165, 1.54) is 4.90 Å². The van der Waals surface area contributed by atoms with Crippen LogP contribution in [0.3, 0.4) is 0 Å². The molecule has 0 radical (unpaired) electrons. The summed E-state index contributed by atoms with van der Waals surface area (Å²) < 4.78 is 1.93. The number of para-hydroxylation sites is 1. The smallest absolute Gasteiger partial charge is 0.317 e. The third-order valence-corrected chi connectivity index (χ3v) is 5.27. The zero-order valence-electron chi connectivity index (χ0n) is 15.1. The van der Waals surface area contributed by atoms with Crippen molar-refractivity contribution in [2.75, 3.05) is 0 Å². The van der Waals surface area contributed by atoms with Crippen LogP contribution in [0.25, 0.3) is 11.8 Å². The molecule has 0 unspecified atom stereocenters. The molecule has 2 fully saturated rings. The van der Waals surface area contributed by atoms with Crippen LogP contribution in [0.1, 0.15) is 36.9 Å². The number of hydrogen-bond acceptors (Lipinski definition) is 3. The van der Waals surface area contributed by atoms with E-state index in [0.29, 0.717) is 5.69 Å². The summed E-state index contributed by atoms with van der Waals surface area (Å²) in [6, 6.07) is 10.9. The molecule has 1 aliphatic heterocycles. The van der Waals surface area contributed by atoms with Gasteiger partial charge in [-0.25, -0.2) is 4.79 Å². The topological polar surface area (TPSA) is 71.4 Å². The number of carbonyl (C=O) groups excluding carboxylic acids is 3. The second-order valence-electron chi connectivity index (χ2n) is 7.02. The van der Waals surface area contributed by atoms with E-state index >= 15 is 0 Å². The Morgan fingerprint density at radius 3 is 2.52 bits per heavy atom. The molecule has 1 saturated heterocycles. The van der Waals surface area contributed by atoms with E-state index in [0.717, 1.165) is 36.9 Å². The van der Waals surface area contributed by atoms with Gasteiger partial charge in [0.05, 0.1) is 0 Å². The van der Waals surface area contributed by atoms with Gasteiger partial charge in [-0.3, -0.25) is 19.8 Å². The quantitative estimate of drug-likeness (QED) is 0.672. The molecule has 6 heteroatoms. The monoisotopic (exact) mass is 363 g/mol. The van der Waals surface area contributed by atoms with Crippen molar-refractivity contribution >= 4 is 23.9 Å². The van der Waals surface area contributed by atoms with E-state index in [9.17, 15) is 14.4 Å². The van der Waals surface area contributed by atoms with Crippen molar-refractivity contribution in [1.29, 1.82) is 0 Å². The van der Waals surface area contributed by atoms with Crippen LogP contribution < -0.4 is 5.32 Å². The lowest BCUT2D eigenvalue weighted by molar-refractivity contribution is -0.131. The van der Waals surface area contributed by atoms with Gasteiger partial charge in [0.15, 0.2) is 0 Å². The largest absolute Gasteiger partial charge is 0.331 e. The molecule has 138 valence electrons. The fourth-order valence-electron chi connectivity index (χ4n) is 3.88. The Morgan fingerprint density at radius 1 is 1.04 bits per heavy atom. The van der Waals surface area contributed by atoms with Gasteiger partial charge in [0.1, 0.15) is 5.57 Å². The number of barbiturate groups is 1. The number of hydrogen-bond donors (Lipinski definition) is 1. The Kier molecular flexibility index (Phi) is 4.39. The Labute approximate surface area is 157 Å². The fraction of sp³-hybridized carbons (Fsp3) is 0.286. The van der Waals surface area contributed by atoms with E-state index in [-0.39, 0.29) is 11.6 Å². The molecule has 1 saturated carbocycles. The molecule has 2 heterocycles. The molecule has 4 rings (SSSR count). The molecule has 1 aromatic carbocycles. The zero-order valence-corrected chi connectivity index (χ0v) is 15.1. The van der Waals surface area contributed by atoms with Crippen molar-refractivity contribution in [3.63, 3.8) is 0 Å². The second kappa shape index (κ2) is 6.87. The highest BCUT2D eigenvalue weighted by Gasteiger charge is 2.40. The Hall–Kier alpha value is -3.15. The number of imide groups is 2. The van der Waals surface area contributed by atoms with Crippen molar-refractivity contribution in [2.45, 2.75) is 38.6 Å². The molecule has 1 aromatic heterocycles. The lowest BCUT2D eigenvalue weighted by Gasteiger charge is -2.31. The lowest BCUT2D eigenvalue weighted by Crippen LogP contribution is -2.57. The van der Waals surface area contributed by atoms with E-state index in [4.69, 9.17) is 0 Å². The number of nitrogens with one attached hydrogen (secondary N) is 1. The van der Waals surface area contributed by atoms with E-state index in [1.54, 1.807) is 6.08 Å². The van der Waals surface area contributed by atoms with Gasteiger partial charge < -0.3 is 4.57 Å². The number of rotatable bonds is 3. The molecule has 4 amide bonds. The maximum Gasteiger partial charge on any atom is 0.331 e. The van der Waals surface area contributed by atoms with Crippen molar-refractivity contribution in [2.24, 2.45) is 0 Å². The van der Waals surface area contributed by atoms with Crippen LogP contribution in [0.4, 0.5) is 4.79 Å². The van der Waals surface area contributed by atoms with Gasteiger partial charge in [0.25, 0.3) is 11.8 Å². The van der Waals surface area contributed by atoms with Gasteiger partial charge in [0.2, 0.25) is 0 Å². The van der Waals surface area contributed by atoms with Gasteiger partial charge in [0, 0.05) is 23.6 Å². The average molecular weight is 363 g/mol. The van der Waals surface area contributed by atoms with Gasteiger partial charge in [-0.2, -0.15) is 0 Å². The van der Waals surface area contributed by atoms with Gasteiger partial charge in [-0.1, -0.05) is 31.0 Å². The molecular weight excluding hydrogens is 342 g/mol. The third-order valence-electron chi connectivity index (χ3n) is 5.27. The van der Waals surface area contributed by atoms with Crippen LogP contribution in [-0.2, 0) is 9.59 Å². The Morgan fingerprint density at radius 2 is 1.78 bits per heavy atom. The first kappa shape index (κ1) is 17.3. The third kappa shape index (κ3) is 3.07. The number of amides is 4. The molecule has 1 N–H and O–H groups in total. The Bertz CT molecular complexity index is 951. The molecule has 0 atom stereocenters.